The van der Waals surface area contributed by atoms with Gasteiger partial charge < -0.3 is 4.42 Å². The topological polar surface area (TPSA) is 67.6 Å². The first-order valence-corrected chi connectivity index (χ1v) is 7.35. The van der Waals surface area contributed by atoms with Gasteiger partial charge in [0.1, 0.15) is 0 Å². The molecule has 0 unspecified atom stereocenters. The van der Waals surface area contributed by atoms with Crippen molar-refractivity contribution < 1.29 is 17.6 Å². The van der Waals surface area contributed by atoms with Gasteiger partial charge in [0.25, 0.3) is 0 Å². The Bertz CT molecular complexity index is 497. The predicted octanol–water partition coefficient (Wildman–Crippen LogP) is 1.23. The van der Waals surface area contributed by atoms with Crippen LogP contribution < -0.4 is 0 Å². The Labute approximate surface area is 100 Å². The summed E-state index contributed by atoms with van der Waals surface area (Å²) in [7, 11) is -3.09. The zero-order valence-corrected chi connectivity index (χ0v) is 10.4. The summed E-state index contributed by atoms with van der Waals surface area (Å²) in [6.07, 6.45) is 4.89. The van der Waals surface area contributed by atoms with Gasteiger partial charge in [0, 0.05) is 18.7 Å². The number of aldehydes is 1. The van der Waals surface area contributed by atoms with E-state index in [4.69, 9.17) is 4.42 Å². The maximum Gasteiger partial charge on any atom is 0.211 e. The number of hydrogen-bond donors (Lipinski definition) is 0. The number of carbonyl (C=O) groups excluding carboxylic acids is 1. The number of furan rings is 1. The fourth-order valence-corrected chi connectivity index (χ4v) is 3.14. The zero-order valence-electron chi connectivity index (χ0n) is 9.63. The minimum absolute atomic E-state index is 0.215. The summed E-state index contributed by atoms with van der Waals surface area (Å²) in [4.78, 5) is 10.8. The lowest BCUT2D eigenvalue weighted by molar-refractivity contribution is 0.109. The van der Waals surface area contributed by atoms with Crippen molar-refractivity contribution in [3.8, 4) is 0 Å². The van der Waals surface area contributed by atoms with E-state index in [-0.39, 0.29) is 5.92 Å². The third kappa shape index (κ3) is 2.58. The highest BCUT2D eigenvalue weighted by molar-refractivity contribution is 7.88. The molecule has 2 rings (SSSR count). The van der Waals surface area contributed by atoms with Crippen LogP contribution in [0.15, 0.2) is 16.7 Å². The third-order valence-corrected chi connectivity index (χ3v) is 4.50. The lowest BCUT2D eigenvalue weighted by Crippen LogP contribution is -2.37. The number of piperidine rings is 1. The molecular formula is C11H15NO4S. The van der Waals surface area contributed by atoms with Crippen molar-refractivity contribution in [2.75, 3.05) is 19.3 Å². The maximum absolute atomic E-state index is 11.4. The van der Waals surface area contributed by atoms with E-state index in [0.29, 0.717) is 25.1 Å². The molecule has 1 aliphatic rings. The lowest BCUT2D eigenvalue weighted by Gasteiger charge is -2.29. The highest BCUT2D eigenvalue weighted by atomic mass is 32.2. The van der Waals surface area contributed by atoms with E-state index in [9.17, 15) is 13.2 Å². The van der Waals surface area contributed by atoms with Crippen molar-refractivity contribution in [1.29, 1.82) is 0 Å². The average molecular weight is 257 g/mol. The van der Waals surface area contributed by atoms with Crippen LogP contribution in [0.5, 0.6) is 0 Å². The molecule has 0 saturated carbocycles. The first-order chi connectivity index (χ1) is 8.02. The Balaban J connectivity index is 2.07. The molecule has 6 heteroatoms. The molecule has 1 saturated heterocycles. The second-order valence-electron chi connectivity index (χ2n) is 4.29. The molecule has 0 atom stereocenters. The van der Waals surface area contributed by atoms with E-state index < -0.39 is 10.0 Å². The third-order valence-electron chi connectivity index (χ3n) is 3.20. The first kappa shape index (κ1) is 12.3. The van der Waals surface area contributed by atoms with Crippen LogP contribution in [0.3, 0.4) is 0 Å². The van der Waals surface area contributed by atoms with Crippen LogP contribution in [0.25, 0.3) is 0 Å². The predicted molar refractivity (Wildman–Crippen MR) is 62.5 cm³/mol. The van der Waals surface area contributed by atoms with E-state index in [1.165, 1.54) is 16.8 Å². The van der Waals surface area contributed by atoms with Crippen LogP contribution in [0.4, 0.5) is 0 Å². The van der Waals surface area contributed by atoms with Crippen molar-refractivity contribution in [3.63, 3.8) is 0 Å². The van der Waals surface area contributed by atoms with Crippen molar-refractivity contribution >= 4 is 16.3 Å². The van der Waals surface area contributed by atoms with Crippen molar-refractivity contribution in [1.82, 2.24) is 4.31 Å². The summed E-state index contributed by atoms with van der Waals surface area (Å²) in [5.74, 6) is 0.578. The zero-order chi connectivity index (χ0) is 12.5. The van der Waals surface area contributed by atoms with Crippen molar-refractivity contribution in [3.05, 3.63) is 23.7 Å². The molecule has 0 bridgehead atoms. The molecule has 1 fully saturated rings. The van der Waals surface area contributed by atoms with Crippen molar-refractivity contribution in [2.45, 2.75) is 18.8 Å². The van der Waals surface area contributed by atoms with E-state index in [0.717, 1.165) is 18.4 Å². The Morgan fingerprint density at radius 2 is 2.06 bits per heavy atom. The van der Waals surface area contributed by atoms with Crippen LogP contribution in [0, 0.1) is 0 Å². The van der Waals surface area contributed by atoms with Gasteiger partial charge in [-0.3, -0.25) is 4.79 Å². The summed E-state index contributed by atoms with van der Waals surface area (Å²) in [5, 5.41) is 0. The maximum atomic E-state index is 11.4. The molecular weight excluding hydrogens is 242 g/mol. The van der Waals surface area contributed by atoms with E-state index in [1.54, 1.807) is 6.07 Å². The highest BCUT2D eigenvalue weighted by Crippen LogP contribution is 2.31. The van der Waals surface area contributed by atoms with Gasteiger partial charge in [-0.25, -0.2) is 12.7 Å². The largest absolute Gasteiger partial charge is 0.461 e. The molecule has 0 amide bonds. The normalized spacial score (nSPS) is 19.4. The van der Waals surface area contributed by atoms with Gasteiger partial charge in [-0.2, -0.15) is 0 Å². The summed E-state index contributed by atoms with van der Waals surface area (Å²) in [6.45, 7) is 1.01. The molecule has 0 aliphatic carbocycles. The molecule has 1 aromatic rings. The van der Waals surface area contributed by atoms with Gasteiger partial charge >= 0.3 is 0 Å². The van der Waals surface area contributed by atoms with Gasteiger partial charge in [0.05, 0.1) is 12.5 Å². The van der Waals surface area contributed by atoms with E-state index in [1.807, 2.05) is 0 Å². The fraction of sp³-hybridized carbons (Fsp3) is 0.545. The number of rotatable bonds is 3. The fourth-order valence-electron chi connectivity index (χ4n) is 2.26. The number of nitrogens with zero attached hydrogens (tertiary/aromatic N) is 1. The minimum Gasteiger partial charge on any atom is -0.461 e. The van der Waals surface area contributed by atoms with Crippen LogP contribution >= 0.6 is 0 Å². The minimum atomic E-state index is -3.09. The summed E-state index contributed by atoms with van der Waals surface area (Å²) >= 11 is 0. The Kier molecular flexibility index (Phi) is 3.35. The Morgan fingerprint density at radius 3 is 2.59 bits per heavy atom. The second kappa shape index (κ2) is 4.62. The lowest BCUT2D eigenvalue weighted by atomic mass is 9.90. The van der Waals surface area contributed by atoms with Gasteiger partial charge in [-0.05, 0) is 24.8 Å². The molecule has 1 aromatic heterocycles. The van der Waals surface area contributed by atoms with Gasteiger partial charge in [0.2, 0.25) is 10.0 Å². The number of hydrogen-bond acceptors (Lipinski definition) is 4. The average Bonchev–Trinajstić information content (AvgIpc) is 2.76. The highest BCUT2D eigenvalue weighted by Gasteiger charge is 2.27. The van der Waals surface area contributed by atoms with E-state index in [2.05, 4.69) is 0 Å². The SMILES string of the molecule is CS(=O)(=O)N1CCC(c2ccoc2C=O)CC1. The molecule has 0 N–H and O–H groups in total. The molecule has 17 heavy (non-hydrogen) atoms. The molecule has 0 spiro atoms. The number of sulfonamides is 1. The molecule has 2 heterocycles. The molecule has 94 valence electrons. The number of carbonyl (C=O) groups is 1. The summed E-state index contributed by atoms with van der Waals surface area (Å²) in [6, 6.07) is 1.80. The van der Waals surface area contributed by atoms with Crippen LogP contribution in [-0.4, -0.2) is 38.4 Å². The van der Waals surface area contributed by atoms with Gasteiger partial charge in [-0.15, -0.1) is 0 Å². The Hall–Kier alpha value is -1.14. The van der Waals surface area contributed by atoms with Crippen molar-refractivity contribution in [2.24, 2.45) is 0 Å². The van der Waals surface area contributed by atoms with Crippen LogP contribution in [-0.2, 0) is 10.0 Å². The standard InChI is InChI=1S/C11H15NO4S/c1-17(14,15)12-5-2-9(3-6-12)10-4-7-16-11(10)8-13/h4,7-9H,2-3,5-6H2,1H3. The first-order valence-electron chi connectivity index (χ1n) is 5.50. The van der Waals surface area contributed by atoms with Crippen LogP contribution in [0.1, 0.15) is 34.9 Å². The second-order valence-corrected chi connectivity index (χ2v) is 6.28. The quantitative estimate of drug-likeness (QED) is 0.764. The Morgan fingerprint density at radius 1 is 1.41 bits per heavy atom. The monoisotopic (exact) mass is 257 g/mol. The molecule has 1 aliphatic heterocycles. The summed E-state index contributed by atoms with van der Waals surface area (Å²) < 4.78 is 29.2. The van der Waals surface area contributed by atoms with E-state index >= 15 is 0 Å². The molecule has 0 aromatic carbocycles. The van der Waals surface area contributed by atoms with Crippen LogP contribution in [0.2, 0.25) is 0 Å². The van der Waals surface area contributed by atoms with Gasteiger partial charge in [0.15, 0.2) is 12.0 Å². The molecule has 5 nitrogen and oxygen atoms in total. The smallest absolute Gasteiger partial charge is 0.211 e. The molecule has 0 radical (unpaired) electrons. The van der Waals surface area contributed by atoms with Gasteiger partial charge in [-0.1, -0.05) is 0 Å². The summed E-state index contributed by atoms with van der Waals surface area (Å²) in [5.41, 5.74) is 0.896.